The molecule has 2 bridgehead atoms. The van der Waals surface area contributed by atoms with E-state index in [9.17, 15) is 19.2 Å². The molecule has 1 N–H and O–H groups in total. The van der Waals surface area contributed by atoms with Gasteiger partial charge < -0.3 is 10.1 Å². The highest BCUT2D eigenvalue weighted by atomic mass is 16.5. The quantitative estimate of drug-likeness (QED) is 0.448. The molecule has 0 spiro atoms. The highest BCUT2D eigenvalue weighted by Crippen LogP contribution is 2.56. The second-order valence-electron chi connectivity index (χ2n) is 9.59. The van der Waals surface area contributed by atoms with Crippen LogP contribution in [0.15, 0.2) is 66.7 Å². The Bertz CT molecular complexity index is 1330. The molecule has 7 nitrogen and oxygen atoms in total. The van der Waals surface area contributed by atoms with E-state index in [2.05, 4.69) is 5.32 Å². The molecule has 6 rings (SSSR count). The molecule has 1 saturated heterocycles. The van der Waals surface area contributed by atoms with Gasteiger partial charge in [0.25, 0.3) is 5.91 Å². The number of ether oxygens (including phenoxy) is 1. The van der Waals surface area contributed by atoms with Gasteiger partial charge in [-0.2, -0.15) is 0 Å². The predicted octanol–water partition coefficient (Wildman–Crippen LogP) is 4.17. The Kier molecular flexibility index (Phi) is 5.13. The number of benzene rings is 3. The van der Waals surface area contributed by atoms with Gasteiger partial charge in [-0.3, -0.25) is 19.3 Å². The fourth-order valence-electron chi connectivity index (χ4n) is 6.14. The molecule has 3 aromatic carbocycles. The number of hydrogen-bond donors (Lipinski definition) is 1. The highest BCUT2D eigenvalue weighted by Gasteiger charge is 2.61. The monoisotopic (exact) mass is 468 g/mol. The lowest BCUT2D eigenvalue weighted by molar-refractivity contribution is -0.123. The molecule has 0 unspecified atom stereocenters. The first-order chi connectivity index (χ1) is 17.0. The van der Waals surface area contributed by atoms with Gasteiger partial charge in [0, 0.05) is 11.1 Å². The van der Waals surface area contributed by atoms with Gasteiger partial charge in [-0.05, 0) is 66.8 Å². The molecule has 4 atom stereocenters. The maximum absolute atomic E-state index is 13.0. The average Bonchev–Trinajstić information content (AvgIpc) is 3.56. The normalized spacial score (nSPS) is 24.6. The third kappa shape index (κ3) is 3.58. The molecule has 1 aliphatic heterocycles. The minimum Gasteiger partial charge on any atom is -0.452 e. The minimum atomic E-state index is -0.654. The lowest BCUT2D eigenvalue weighted by Gasteiger charge is -2.19. The predicted molar refractivity (Wildman–Crippen MR) is 130 cm³/mol. The summed E-state index contributed by atoms with van der Waals surface area (Å²) in [4.78, 5) is 52.1. The van der Waals surface area contributed by atoms with Crippen LogP contribution in [0.1, 0.15) is 29.6 Å². The van der Waals surface area contributed by atoms with Crippen LogP contribution in [0, 0.1) is 23.7 Å². The van der Waals surface area contributed by atoms with Gasteiger partial charge in [0.2, 0.25) is 11.8 Å². The summed E-state index contributed by atoms with van der Waals surface area (Å²) in [5.41, 5.74) is 1.36. The number of carbonyl (C=O) groups excluding carboxylic acids is 4. The molecule has 1 heterocycles. The second-order valence-corrected chi connectivity index (χ2v) is 9.59. The van der Waals surface area contributed by atoms with Crippen LogP contribution in [0.5, 0.6) is 0 Å². The first-order valence-electron chi connectivity index (χ1n) is 11.9. The number of rotatable bonds is 5. The molecule has 7 heteroatoms. The molecule has 0 radical (unpaired) electrons. The van der Waals surface area contributed by atoms with Gasteiger partial charge in [-0.1, -0.05) is 36.4 Å². The van der Waals surface area contributed by atoms with E-state index in [-0.39, 0.29) is 29.2 Å². The van der Waals surface area contributed by atoms with Crippen LogP contribution >= 0.6 is 0 Å². The molecule has 3 amide bonds. The van der Waals surface area contributed by atoms with Crippen LogP contribution in [0.2, 0.25) is 0 Å². The number of imide groups is 1. The van der Waals surface area contributed by atoms with Gasteiger partial charge in [0.15, 0.2) is 6.61 Å². The minimum absolute atomic E-state index is 0.118. The van der Waals surface area contributed by atoms with Crippen molar-refractivity contribution >= 4 is 45.8 Å². The number of amides is 3. The fourth-order valence-corrected chi connectivity index (χ4v) is 6.14. The SMILES string of the molecule is O=C(COC(=O)c1ccc(N2C(=O)[C@H]3[C@H]4CC[C@@H](C4)[C@@H]3C2=O)cc1)Nc1cccc2ccccc12. The lowest BCUT2D eigenvalue weighted by Crippen LogP contribution is -2.32. The molecule has 176 valence electrons. The molecule has 2 saturated carbocycles. The first kappa shape index (κ1) is 21.5. The third-order valence-electron chi connectivity index (χ3n) is 7.69. The Hall–Kier alpha value is -4.00. The number of nitrogens with zero attached hydrogens (tertiary/aromatic N) is 1. The number of esters is 1. The highest BCUT2D eigenvalue weighted by molar-refractivity contribution is 6.22. The van der Waals surface area contributed by atoms with E-state index in [0.717, 1.165) is 30.0 Å². The summed E-state index contributed by atoms with van der Waals surface area (Å²) in [5, 5.41) is 4.67. The number of fused-ring (bicyclic) bond motifs is 6. The summed E-state index contributed by atoms with van der Waals surface area (Å²) in [7, 11) is 0. The van der Waals surface area contributed by atoms with E-state index in [1.807, 2.05) is 36.4 Å². The van der Waals surface area contributed by atoms with Crippen LogP contribution < -0.4 is 10.2 Å². The van der Waals surface area contributed by atoms with Crippen molar-refractivity contribution in [1.29, 1.82) is 0 Å². The average molecular weight is 469 g/mol. The molecule has 3 fully saturated rings. The maximum atomic E-state index is 13.0. The lowest BCUT2D eigenvalue weighted by atomic mass is 9.81. The Balaban J connectivity index is 1.09. The summed E-state index contributed by atoms with van der Waals surface area (Å²) in [6.45, 7) is -0.432. The van der Waals surface area contributed by atoms with E-state index in [0.29, 0.717) is 23.2 Å². The van der Waals surface area contributed by atoms with Gasteiger partial charge >= 0.3 is 5.97 Å². The Morgan fingerprint density at radius 2 is 1.51 bits per heavy atom. The van der Waals surface area contributed by atoms with Crippen LogP contribution in [0.4, 0.5) is 11.4 Å². The smallest absolute Gasteiger partial charge is 0.338 e. The molecule has 3 aromatic rings. The van der Waals surface area contributed by atoms with Gasteiger partial charge in [0.1, 0.15) is 0 Å². The number of anilines is 2. The summed E-state index contributed by atoms with van der Waals surface area (Å²) in [5.74, 6) is -1.07. The molecular formula is C28H24N2O5. The summed E-state index contributed by atoms with van der Waals surface area (Å²) >= 11 is 0. The van der Waals surface area contributed by atoms with Gasteiger partial charge in [0.05, 0.1) is 23.1 Å². The Morgan fingerprint density at radius 1 is 0.857 bits per heavy atom. The van der Waals surface area contributed by atoms with Crippen molar-refractivity contribution in [3.8, 4) is 0 Å². The van der Waals surface area contributed by atoms with Crippen LogP contribution in [0.3, 0.4) is 0 Å². The van der Waals surface area contributed by atoms with Gasteiger partial charge in [-0.25, -0.2) is 4.79 Å². The standard InChI is InChI=1S/C28H24N2O5/c31-23(29-22-7-3-5-16-4-1-2-6-21(16)22)15-35-28(34)17-10-12-20(13-11-17)30-26(32)24-18-8-9-19(14-18)25(24)27(30)33/h1-7,10-13,18-19,24-25H,8-9,14-15H2,(H,29,31)/t18-,19-,24-,25-/m0/s1. The number of nitrogens with one attached hydrogen (secondary N) is 1. The van der Waals surface area contributed by atoms with Gasteiger partial charge in [-0.15, -0.1) is 0 Å². The number of hydrogen-bond acceptors (Lipinski definition) is 5. The van der Waals surface area contributed by atoms with Crippen molar-refractivity contribution < 1.29 is 23.9 Å². The van der Waals surface area contributed by atoms with Crippen molar-refractivity contribution in [1.82, 2.24) is 0 Å². The zero-order chi connectivity index (χ0) is 24.1. The summed E-state index contributed by atoms with van der Waals surface area (Å²) in [6, 6.07) is 19.5. The van der Waals surface area contributed by atoms with E-state index < -0.39 is 18.5 Å². The summed E-state index contributed by atoms with van der Waals surface area (Å²) in [6.07, 6.45) is 3.04. The van der Waals surface area contributed by atoms with Crippen molar-refractivity contribution in [2.45, 2.75) is 19.3 Å². The van der Waals surface area contributed by atoms with E-state index in [1.54, 1.807) is 18.2 Å². The number of carbonyl (C=O) groups is 4. The molecular weight excluding hydrogens is 444 g/mol. The van der Waals surface area contributed by atoms with E-state index in [1.165, 1.54) is 17.0 Å². The largest absolute Gasteiger partial charge is 0.452 e. The zero-order valence-electron chi connectivity index (χ0n) is 19.0. The van der Waals surface area contributed by atoms with Crippen molar-refractivity contribution in [2.24, 2.45) is 23.7 Å². The Labute approximate surface area is 202 Å². The molecule has 3 aliphatic rings. The fraction of sp³-hybridized carbons (Fsp3) is 0.286. The zero-order valence-corrected chi connectivity index (χ0v) is 19.0. The van der Waals surface area contributed by atoms with Crippen molar-refractivity contribution in [3.05, 3.63) is 72.3 Å². The first-order valence-corrected chi connectivity index (χ1v) is 11.9. The summed E-state index contributed by atoms with van der Waals surface area (Å²) < 4.78 is 5.18. The van der Waals surface area contributed by atoms with E-state index in [4.69, 9.17) is 4.74 Å². The molecule has 2 aliphatic carbocycles. The second kappa shape index (κ2) is 8.34. The third-order valence-corrected chi connectivity index (χ3v) is 7.69. The van der Waals surface area contributed by atoms with Crippen LogP contribution in [-0.4, -0.2) is 30.3 Å². The van der Waals surface area contributed by atoms with Crippen LogP contribution in [-0.2, 0) is 19.1 Å². The van der Waals surface area contributed by atoms with Crippen molar-refractivity contribution in [2.75, 3.05) is 16.8 Å². The molecule has 35 heavy (non-hydrogen) atoms. The van der Waals surface area contributed by atoms with Crippen LogP contribution in [0.25, 0.3) is 10.8 Å². The van der Waals surface area contributed by atoms with E-state index >= 15 is 0 Å². The Morgan fingerprint density at radius 3 is 2.23 bits per heavy atom. The molecule has 0 aromatic heterocycles. The van der Waals surface area contributed by atoms with Crippen molar-refractivity contribution in [3.63, 3.8) is 0 Å². The topological polar surface area (TPSA) is 92.8 Å². The maximum Gasteiger partial charge on any atom is 0.338 e.